The number of rotatable bonds is 0. The highest BCUT2D eigenvalue weighted by Crippen LogP contribution is 2.12. The predicted molar refractivity (Wildman–Crippen MR) is 56.2 cm³/mol. The standard InChI is InChI=1S/C7H6N2OS.C2H6/c1-9-4-8-5-2-3-11-6(5)7(9)10;1-2/h2-4H,1H3;1-2H3. The normalized spacial score (nSPS) is 9.46. The highest BCUT2D eigenvalue weighted by atomic mass is 32.1. The number of hydrogen-bond donors (Lipinski definition) is 0. The van der Waals surface area contributed by atoms with Crippen LogP contribution in [0.1, 0.15) is 13.8 Å². The van der Waals surface area contributed by atoms with Crippen molar-refractivity contribution >= 4 is 21.6 Å². The summed E-state index contributed by atoms with van der Waals surface area (Å²) in [5.41, 5.74) is 0.822. The first kappa shape index (κ1) is 9.92. The van der Waals surface area contributed by atoms with Crippen molar-refractivity contribution < 1.29 is 0 Å². The first-order chi connectivity index (χ1) is 6.29. The largest absolute Gasteiger partial charge is 0.301 e. The van der Waals surface area contributed by atoms with E-state index in [0.717, 1.165) is 10.2 Å². The van der Waals surface area contributed by atoms with E-state index in [1.165, 1.54) is 22.2 Å². The van der Waals surface area contributed by atoms with E-state index in [1.54, 1.807) is 7.05 Å². The topological polar surface area (TPSA) is 34.9 Å². The molecule has 0 radical (unpaired) electrons. The van der Waals surface area contributed by atoms with Gasteiger partial charge >= 0.3 is 0 Å². The van der Waals surface area contributed by atoms with E-state index in [0.29, 0.717) is 0 Å². The molecule has 0 amide bonds. The van der Waals surface area contributed by atoms with Crippen LogP contribution in [0.2, 0.25) is 0 Å². The van der Waals surface area contributed by atoms with E-state index < -0.39 is 0 Å². The molecule has 0 saturated carbocycles. The van der Waals surface area contributed by atoms with Crippen molar-refractivity contribution in [1.29, 1.82) is 0 Å². The molecule has 0 spiro atoms. The van der Waals surface area contributed by atoms with Crippen LogP contribution in [0, 0.1) is 0 Å². The zero-order chi connectivity index (χ0) is 9.84. The summed E-state index contributed by atoms with van der Waals surface area (Å²) in [4.78, 5) is 15.4. The molecule has 0 aliphatic carbocycles. The summed E-state index contributed by atoms with van der Waals surface area (Å²) < 4.78 is 2.22. The Hall–Kier alpha value is -1.16. The smallest absolute Gasteiger partial charge is 0.271 e. The van der Waals surface area contributed by atoms with Crippen LogP contribution in [-0.2, 0) is 7.05 Å². The Labute approximate surface area is 80.7 Å². The van der Waals surface area contributed by atoms with Crippen LogP contribution in [0.15, 0.2) is 22.6 Å². The summed E-state index contributed by atoms with van der Waals surface area (Å²) in [5, 5.41) is 1.87. The quantitative estimate of drug-likeness (QED) is 0.646. The number of thiophene rings is 1. The van der Waals surface area contributed by atoms with Crippen molar-refractivity contribution in [2.24, 2.45) is 7.05 Å². The van der Waals surface area contributed by atoms with Crippen LogP contribution < -0.4 is 5.56 Å². The molecule has 4 heteroatoms. The number of fused-ring (bicyclic) bond motifs is 1. The van der Waals surface area contributed by atoms with Gasteiger partial charge in [-0.05, 0) is 11.4 Å². The third-order valence-electron chi connectivity index (χ3n) is 1.53. The van der Waals surface area contributed by atoms with Crippen molar-refractivity contribution in [3.8, 4) is 0 Å². The van der Waals surface area contributed by atoms with E-state index in [4.69, 9.17) is 0 Å². The van der Waals surface area contributed by atoms with Gasteiger partial charge in [-0.1, -0.05) is 13.8 Å². The summed E-state index contributed by atoms with van der Waals surface area (Å²) in [6.45, 7) is 4.00. The Morgan fingerprint density at radius 1 is 1.46 bits per heavy atom. The molecule has 2 heterocycles. The van der Waals surface area contributed by atoms with Gasteiger partial charge in [0.05, 0.1) is 11.8 Å². The van der Waals surface area contributed by atoms with Crippen molar-refractivity contribution in [3.05, 3.63) is 28.1 Å². The molecule has 13 heavy (non-hydrogen) atoms. The molecule has 0 fully saturated rings. The average Bonchev–Trinajstić information content (AvgIpc) is 2.63. The van der Waals surface area contributed by atoms with Crippen LogP contribution in [-0.4, -0.2) is 9.55 Å². The van der Waals surface area contributed by atoms with Gasteiger partial charge in [0.2, 0.25) is 0 Å². The number of nitrogens with zero attached hydrogens (tertiary/aromatic N) is 2. The van der Waals surface area contributed by atoms with Crippen LogP contribution in [0.3, 0.4) is 0 Å². The van der Waals surface area contributed by atoms with E-state index in [1.807, 2.05) is 25.3 Å². The van der Waals surface area contributed by atoms with E-state index in [-0.39, 0.29) is 5.56 Å². The van der Waals surface area contributed by atoms with Crippen LogP contribution in [0.25, 0.3) is 10.2 Å². The van der Waals surface area contributed by atoms with Gasteiger partial charge in [-0.15, -0.1) is 11.3 Å². The average molecular weight is 196 g/mol. The lowest BCUT2D eigenvalue weighted by Gasteiger charge is -1.93. The minimum Gasteiger partial charge on any atom is -0.301 e. The van der Waals surface area contributed by atoms with Gasteiger partial charge in [-0.2, -0.15) is 0 Å². The third-order valence-corrected chi connectivity index (χ3v) is 2.42. The van der Waals surface area contributed by atoms with Gasteiger partial charge in [0, 0.05) is 7.05 Å². The van der Waals surface area contributed by atoms with Crippen molar-refractivity contribution in [1.82, 2.24) is 9.55 Å². The predicted octanol–water partition coefficient (Wildman–Crippen LogP) is 2.02. The second kappa shape index (κ2) is 4.18. The van der Waals surface area contributed by atoms with E-state index in [2.05, 4.69) is 4.98 Å². The fourth-order valence-electron chi connectivity index (χ4n) is 0.926. The summed E-state index contributed by atoms with van der Waals surface area (Å²) >= 11 is 1.43. The summed E-state index contributed by atoms with van der Waals surface area (Å²) in [6.07, 6.45) is 1.54. The maximum atomic E-state index is 11.3. The van der Waals surface area contributed by atoms with Crippen molar-refractivity contribution in [2.75, 3.05) is 0 Å². The first-order valence-electron chi connectivity index (χ1n) is 4.18. The van der Waals surface area contributed by atoms with E-state index >= 15 is 0 Å². The Morgan fingerprint density at radius 2 is 2.15 bits per heavy atom. The zero-order valence-electron chi connectivity index (χ0n) is 7.94. The Kier molecular flexibility index (Phi) is 3.19. The molecule has 3 nitrogen and oxygen atoms in total. The van der Waals surface area contributed by atoms with Crippen LogP contribution in [0.5, 0.6) is 0 Å². The summed E-state index contributed by atoms with van der Waals surface area (Å²) in [7, 11) is 1.70. The lowest BCUT2D eigenvalue weighted by Crippen LogP contribution is -2.15. The number of aromatic nitrogens is 2. The molecule has 2 aromatic heterocycles. The van der Waals surface area contributed by atoms with Gasteiger partial charge in [0.15, 0.2) is 0 Å². The molecule has 0 saturated heterocycles. The summed E-state index contributed by atoms with van der Waals surface area (Å²) in [5.74, 6) is 0. The Morgan fingerprint density at radius 3 is 2.85 bits per heavy atom. The van der Waals surface area contributed by atoms with Crippen molar-refractivity contribution in [2.45, 2.75) is 13.8 Å². The van der Waals surface area contributed by atoms with Gasteiger partial charge in [0.25, 0.3) is 5.56 Å². The fourth-order valence-corrected chi connectivity index (χ4v) is 1.74. The van der Waals surface area contributed by atoms with Gasteiger partial charge < -0.3 is 4.57 Å². The minimum absolute atomic E-state index is 0.0324. The Bertz CT molecular complexity index is 444. The monoisotopic (exact) mass is 196 g/mol. The highest BCUT2D eigenvalue weighted by Gasteiger charge is 2.00. The SMILES string of the molecule is CC.Cn1cnc2ccsc2c1=O. The van der Waals surface area contributed by atoms with Gasteiger partial charge in [-0.3, -0.25) is 4.79 Å². The zero-order valence-corrected chi connectivity index (χ0v) is 8.76. The maximum absolute atomic E-state index is 11.3. The molecule has 70 valence electrons. The fraction of sp³-hybridized carbons (Fsp3) is 0.333. The first-order valence-corrected chi connectivity index (χ1v) is 5.06. The third kappa shape index (κ3) is 1.78. The van der Waals surface area contributed by atoms with Crippen molar-refractivity contribution in [3.63, 3.8) is 0 Å². The van der Waals surface area contributed by atoms with Gasteiger partial charge in [0.1, 0.15) is 4.70 Å². The molecule has 2 aromatic rings. The van der Waals surface area contributed by atoms with Crippen LogP contribution in [0.4, 0.5) is 0 Å². The molecule has 2 rings (SSSR count). The number of hydrogen-bond acceptors (Lipinski definition) is 3. The molecule has 0 N–H and O–H groups in total. The lowest BCUT2D eigenvalue weighted by atomic mass is 10.5. The van der Waals surface area contributed by atoms with Crippen LogP contribution >= 0.6 is 11.3 Å². The molecule has 0 atom stereocenters. The maximum Gasteiger partial charge on any atom is 0.271 e. The molecule has 0 aliphatic rings. The minimum atomic E-state index is 0.0324. The molecular weight excluding hydrogens is 184 g/mol. The van der Waals surface area contributed by atoms with E-state index in [9.17, 15) is 4.79 Å². The molecular formula is C9H12N2OS. The molecule has 0 aromatic carbocycles. The molecule has 0 unspecified atom stereocenters. The lowest BCUT2D eigenvalue weighted by molar-refractivity contribution is 0.845. The second-order valence-electron chi connectivity index (χ2n) is 2.30. The Balaban J connectivity index is 0.000000396. The molecule has 0 bridgehead atoms. The molecule has 0 aliphatic heterocycles. The second-order valence-corrected chi connectivity index (χ2v) is 3.21. The summed E-state index contributed by atoms with van der Waals surface area (Å²) in [6, 6.07) is 1.85. The van der Waals surface area contributed by atoms with Gasteiger partial charge in [-0.25, -0.2) is 4.98 Å². The number of aryl methyl sites for hydroxylation is 1. The highest BCUT2D eigenvalue weighted by molar-refractivity contribution is 7.17.